The van der Waals surface area contributed by atoms with Crippen LogP contribution in [0.3, 0.4) is 0 Å². The number of carbonyl (C=O) groups excluding carboxylic acids is 1. The van der Waals surface area contributed by atoms with Crippen LogP contribution in [0.25, 0.3) is 0 Å². The molecule has 0 fully saturated rings. The number of hydrogen-bond donors (Lipinski definition) is 1. The molecule has 90 valence electrons. The van der Waals surface area contributed by atoms with Gasteiger partial charge in [-0.15, -0.1) is 4.31 Å². The van der Waals surface area contributed by atoms with Crippen LogP contribution in [-0.4, -0.2) is 50.3 Å². The van der Waals surface area contributed by atoms with E-state index in [0.29, 0.717) is 0 Å². The highest BCUT2D eigenvalue weighted by molar-refractivity contribution is 7.84. The molecular weight excluding hydrogens is 226 g/mol. The van der Waals surface area contributed by atoms with Crippen LogP contribution in [0, 0.1) is 0 Å². The van der Waals surface area contributed by atoms with Crippen molar-refractivity contribution in [2.24, 2.45) is 0 Å². The Kier molecular flexibility index (Phi) is 5.73. The van der Waals surface area contributed by atoms with Crippen molar-refractivity contribution in [1.82, 2.24) is 4.31 Å². The van der Waals surface area contributed by atoms with Crippen molar-refractivity contribution in [2.75, 3.05) is 20.4 Å². The number of aliphatic hydroxyl groups is 1. The molecule has 0 aromatic rings. The minimum atomic E-state index is -4.20. The number of methoxy groups -OCH3 is 1. The van der Waals surface area contributed by atoms with E-state index in [0.717, 1.165) is 4.31 Å². The average molecular weight is 241 g/mol. The fourth-order valence-corrected chi connectivity index (χ4v) is 1.93. The van der Waals surface area contributed by atoms with Gasteiger partial charge in [0.25, 0.3) is 0 Å². The van der Waals surface area contributed by atoms with Crippen molar-refractivity contribution in [3.63, 3.8) is 0 Å². The minimum absolute atomic E-state index is 0.224. The zero-order chi connectivity index (χ0) is 12.1. The van der Waals surface area contributed by atoms with Gasteiger partial charge in [-0.25, -0.2) is 4.79 Å². The molecule has 0 unspecified atom stereocenters. The SMILES string of the molecule is COCN(C(C)C)S(=O)(=O)OC(=O)CO. The van der Waals surface area contributed by atoms with Crippen molar-refractivity contribution in [3.05, 3.63) is 0 Å². The monoisotopic (exact) mass is 241 g/mol. The Bertz CT molecular complexity index is 299. The van der Waals surface area contributed by atoms with Crippen LogP contribution in [0.4, 0.5) is 0 Å². The predicted molar refractivity (Wildman–Crippen MR) is 50.9 cm³/mol. The smallest absolute Gasteiger partial charge is 0.385 e. The van der Waals surface area contributed by atoms with E-state index in [1.54, 1.807) is 13.8 Å². The van der Waals surface area contributed by atoms with Gasteiger partial charge in [-0.1, -0.05) is 0 Å². The van der Waals surface area contributed by atoms with E-state index in [-0.39, 0.29) is 6.73 Å². The van der Waals surface area contributed by atoms with Gasteiger partial charge in [-0.05, 0) is 13.8 Å². The summed E-state index contributed by atoms with van der Waals surface area (Å²) in [6, 6.07) is -0.415. The van der Waals surface area contributed by atoms with Crippen molar-refractivity contribution in [1.29, 1.82) is 0 Å². The molecule has 0 saturated heterocycles. The number of aliphatic hydroxyl groups excluding tert-OH is 1. The molecule has 7 nitrogen and oxygen atoms in total. The third-order valence-corrected chi connectivity index (χ3v) is 2.94. The van der Waals surface area contributed by atoms with Gasteiger partial charge in [0.2, 0.25) is 0 Å². The van der Waals surface area contributed by atoms with Crippen LogP contribution >= 0.6 is 0 Å². The number of ether oxygens (including phenoxy) is 1. The molecule has 8 heteroatoms. The van der Waals surface area contributed by atoms with Gasteiger partial charge in [0.05, 0.1) is 0 Å². The van der Waals surface area contributed by atoms with Crippen LogP contribution in [0.5, 0.6) is 0 Å². The highest BCUT2D eigenvalue weighted by Gasteiger charge is 2.28. The topological polar surface area (TPSA) is 93.1 Å². The first-order valence-electron chi connectivity index (χ1n) is 4.19. The molecule has 0 saturated carbocycles. The molecule has 0 atom stereocenters. The van der Waals surface area contributed by atoms with Crippen molar-refractivity contribution in [2.45, 2.75) is 19.9 Å². The molecule has 0 aliphatic rings. The van der Waals surface area contributed by atoms with Crippen LogP contribution in [0.2, 0.25) is 0 Å². The highest BCUT2D eigenvalue weighted by Crippen LogP contribution is 2.08. The summed E-state index contributed by atoms with van der Waals surface area (Å²) in [5.41, 5.74) is 0. The third-order valence-electron chi connectivity index (χ3n) is 1.45. The first-order chi connectivity index (χ1) is 6.85. The molecule has 0 aliphatic carbocycles. The Hall–Kier alpha value is -0.700. The van der Waals surface area contributed by atoms with E-state index < -0.39 is 28.9 Å². The summed E-state index contributed by atoms with van der Waals surface area (Å²) in [6.45, 7) is 1.99. The third kappa shape index (κ3) is 4.56. The van der Waals surface area contributed by atoms with E-state index in [2.05, 4.69) is 8.92 Å². The van der Waals surface area contributed by atoms with Gasteiger partial charge in [0, 0.05) is 13.2 Å². The summed E-state index contributed by atoms with van der Waals surface area (Å²) in [4.78, 5) is 10.6. The molecule has 15 heavy (non-hydrogen) atoms. The lowest BCUT2D eigenvalue weighted by Gasteiger charge is -2.23. The Balaban J connectivity index is 4.72. The number of rotatable bonds is 6. The zero-order valence-corrected chi connectivity index (χ0v) is 9.65. The predicted octanol–water partition coefficient (Wildman–Crippen LogP) is -0.919. The fourth-order valence-electron chi connectivity index (χ4n) is 0.791. The first-order valence-corrected chi connectivity index (χ1v) is 5.55. The zero-order valence-electron chi connectivity index (χ0n) is 8.84. The lowest BCUT2D eigenvalue weighted by atomic mass is 10.4. The molecule has 0 heterocycles. The van der Waals surface area contributed by atoms with E-state index in [1.807, 2.05) is 0 Å². The van der Waals surface area contributed by atoms with Crippen LogP contribution in [-0.2, 0) is 24.0 Å². The molecule has 0 amide bonds. The molecule has 0 spiro atoms. The maximum atomic E-state index is 11.4. The lowest BCUT2D eigenvalue weighted by molar-refractivity contribution is -0.137. The summed E-state index contributed by atoms with van der Waals surface area (Å²) in [7, 11) is -2.88. The number of nitrogens with zero attached hydrogens (tertiary/aromatic N) is 1. The lowest BCUT2D eigenvalue weighted by Crippen LogP contribution is -2.40. The van der Waals surface area contributed by atoms with Crippen LogP contribution in [0.15, 0.2) is 0 Å². The van der Waals surface area contributed by atoms with Crippen molar-refractivity contribution >= 4 is 16.3 Å². The Morgan fingerprint density at radius 3 is 2.33 bits per heavy atom. The second-order valence-electron chi connectivity index (χ2n) is 2.97. The van der Waals surface area contributed by atoms with E-state index in [9.17, 15) is 13.2 Å². The van der Waals surface area contributed by atoms with Gasteiger partial charge in [0.1, 0.15) is 13.3 Å². The van der Waals surface area contributed by atoms with Crippen molar-refractivity contribution < 1.29 is 27.2 Å². The Labute approximate surface area is 88.8 Å². The van der Waals surface area contributed by atoms with Gasteiger partial charge >= 0.3 is 16.3 Å². The van der Waals surface area contributed by atoms with Gasteiger partial charge in [-0.2, -0.15) is 8.42 Å². The summed E-state index contributed by atoms with van der Waals surface area (Å²) in [5, 5.41) is 8.36. The summed E-state index contributed by atoms with van der Waals surface area (Å²) in [6.07, 6.45) is 0. The van der Waals surface area contributed by atoms with Gasteiger partial charge in [-0.3, -0.25) is 0 Å². The Morgan fingerprint density at radius 1 is 1.47 bits per heavy atom. The molecular formula is C7H15NO6S. The first kappa shape index (κ1) is 14.3. The quantitative estimate of drug-likeness (QED) is 0.604. The number of carbonyl (C=O) groups is 1. The molecule has 1 N–H and O–H groups in total. The summed E-state index contributed by atoms with van der Waals surface area (Å²) < 4.78 is 32.4. The summed E-state index contributed by atoms with van der Waals surface area (Å²) >= 11 is 0. The van der Waals surface area contributed by atoms with Crippen LogP contribution < -0.4 is 0 Å². The normalized spacial score (nSPS) is 12.1. The van der Waals surface area contributed by atoms with Crippen molar-refractivity contribution in [3.8, 4) is 0 Å². The second-order valence-corrected chi connectivity index (χ2v) is 4.46. The molecule has 0 radical (unpaired) electrons. The van der Waals surface area contributed by atoms with Gasteiger partial charge < -0.3 is 14.0 Å². The minimum Gasteiger partial charge on any atom is -0.385 e. The van der Waals surface area contributed by atoms with Crippen LogP contribution in [0.1, 0.15) is 13.8 Å². The maximum absolute atomic E-state index is 11.4. The standard InChI is InChI=1S/C7H15NO6S/c1-6(2)8(5-13-3)15(11,12)14-7(10)4-9/h6,9H,4-5H2,1-3H3. The molecule has 0 aromatic heterocycles. The average Bonchev–Trinajstić information content (AvgIpc) is 2.12. The molecule has 0 aliphatic heterocycles. The highest BCUT2D eigenvalue weighted by atomic mass is 32.2. The molecule has 0 bridgehead atoms. The fraction of sp³-hybridized carbons (Fsp3) is 0.857. The molecule has 0 aromatic carbocycles. The van der Waals surface area contributed by atoms with E-state index in [4.69, 9.17) is 5.11 Å². The largest absolute Gasteiger partial charge is 0.389 e. The van der Waals surface area contributed by atoms with E-state index >= 15 is 0 Å². The second kappa shape index (κ2) is 6.01. The summed E-state index contributed by atoms with van der Waals surface area (Å²) in [5.74, 6) is -1.23. The maximum Gasteiger partial charge on any atom is 0.389 e. The molecule has 0 rings (SSSR count). The van der Waals surface area contributed by atoms with Gasteiger partial charge in [0.15, 0.2) is 0 Å². The Morgan fingerprint density at radius 2 is 2.00 bits per heavy atom. The number of hydrogen-bond acceptors (Lipinski definition) is 6. The van der Waals surface area contributed by atoms with E-state index in [1.165, 1.54) is 7.11 Å².